The Balaban J connectivity index is 2.67. The summed E-state index contributed by atoms with van der Waals surface area (Å²) in [6, 6.07) is 5.73. The van der Waals surface area contributed by atoms with Gasteiger partial charge >= 0.3 is 0 Å². The summed E-state index contributed by atoms with van der Waals surface area (Å²) < 4.78 is 1.09. The SMILES string of the molecule is CCCCC(CC)CC(O)c1cc(Cl)ccc1I. The van der Waals surface area contributed by atoms with E-state index in [0.29, 0.717) is 10.9 Å². The van der Waals surface area contributed by atoms with Crippen LogP contribution in [0, 0.1) is 9.49 Å². The second-order valence-electron chi connectivity index (χ2n) is 4.83. The lowest BCUT2D eigenvalue weighted by atomic mass is 9.91. The smallest absolute Gasteiger partial charge is 0.0803 e. The molecule has 0 radical (unpaired) electrons. The van der Waals surface area contributed by atoms with Crippen molar-refractivity contribution in [2.75, 3.05) is 0 Å². The van der Waals surface area contributed by atoms with Gasteiger partial charge in [-0.2, -0.15) is 0 Å². The first kappa shape index (κ1) is 16.3. The number of benzene rings is 1. The van der Waals surface area contributed by atoms with Crippen LogP contribution < -0.4 is 0 Å². The van der Waals surface area contributed by atoms with Crippen LogP contribution in [-0.2, 0) is 0 Å². The molecule has 0 aliphatic heterocycles. The highest BCUT2D eigenvalue weighted by atomic mass is 127. The standard InChI is InChI=1S/C15H22ClIO/c1-3-5-6-11(4-2)9-15(18)13-10-12(16)7-8-14(13)17/h7-8,10-11,15,18H,3-6,9H2,1-2H3. The molecule has 0 amide bonds. The molecule has 0 aromatic heterocycles. The van der Waals surface area contributed by atoms with Crippen LogP contribution in [0.4, 0.5) is 0 Å². The highest BCUT2D eigenvalue weighted by Crippen LogP contribution is 2.30. The molecule has 2 atom stereocenters. The van der Waals surface area contributed by atoms with Gasteiger partial charge < -0.3 is 5.11 Å². The van der Waals surface area contributed by atoms with E-state index in [0.717, 1.165) is 22.0 Å². The lowest BCUT2D eigenvalue weighted by Gasteiger charge is -2.20. The average molecular weight is 381 g/mol. The summed E-state index contributed by atoms with van der Waals surface area (Å²) in [6.45, 7) is 4.42. The first-order valence-electron chi connectivity index (χ1n) is 6.71. The maximum atomic E-state index is 10.4. The van der Waals surface area contributed by atoms with Crippen molar-refractivity contribution < 1.29 is 5.11 Å². The van der Waals surface area contributed by atoms with Gasteiger partial charge in [-0.15, -0.1) is 0 Å². The molecular formula is C15H22ClIO. The molecule has 0 fully saturated rings. The van der Waals surface area contributed by atoms with Crippen molar-refractivity contribution in [3.63, 3.8) is 0 Å². The fourth-order valence-corrected chi connectivity index (χ4v) is 3.07. The molecule has 3 heteroatoms. The van der Waals surface area contributed by atoms with Gasteiger partial charge in [-0.1, -0.05) is 51.1 Å². The van der Waals surface area contributed by atoms with E-state index in [1.165, 1.54) is 19.3 Å². The fourth-order valence-electron chi connectivity index (χ4n) is 2.19. The Morgan fingerprint density at radius 1 is 1.33 bits per heavy atom. The van der Waals surface area contributed by atoms with Crippen LogP contribution in [0.5, 0.6) is 0 Å². The summed E-state index contributed by atoms with van der Waals surface area (Å²) >= 11 is 8.26. The maximum Gasteiger partial charge on any atom is 0.0803 e. The molecule has 0 saturated heterocycles. The first-order valence-corrected chi connectivity index (χ1v) is 8.17. The molecule has 0 aliphatic rings. The second kappa shape index (κ2) is 8.39. The lowest BCUT2D eigenvalue weighted by molar-refractivity contribution is 0.138. The zero-order valence-electron chi connectivity index (χ0n) is 11.1. The van der Waals surface area contributed by atoms with Crippen molar-refractivity contribution in [3.8, 4) is 0 Å². The summed E-state index contributed by atoms with van der Waals surface area (Å²) in [6.07, 6.45) is 5.26. The van der Waals surface area contributed by atoms with Gasteiger partial charge in [0.25, 0.3) is 0 Å². The number of aliphatic hydroxyl groups excluding tert-OH is 1. The van der Waals surface area contributed by atoms with Crippen molar-refractivity contribution in [3.05, 3.63) is 32.4 Å². The third-order valence-corrected chi connectivity index (χ3v) is 4.63. The van der Waals surface area contributed by atoms with Crippen LogP contribution >= 0.6 is 34.2 Å². The number of unbranched alkanes of at least 4 members (excludes halogenated alkanes) is 1. The van der Waals surface area contributed by atoms with Crippen molar-refractivity contribution in [2.24, 2.45) is 5.92 Å². The van der Waals surface area contributed by atoms with Crippen LogP contribution in [-0.4, -0.2) is 5.11 Å². The molecule has 1 nitrogen and oxygen atoms in total. The van der Waals surface area contributed by atoms with Gasteiger partial charge in [0, 0.05) is 8.59 Å². The molecule has 0 aliphatic carbocycles. The molecule has 0 saturated carbocycles. The highest BCUT2D eigenvalue weighted by Gasteiger charge is 2.16. The van der Waals surface area contributed by atoms with E-state index in [4.69, 9.17) is 11.6 Å². The highest BCUT2D eigenvalue weighted by molar-refractivity contribution is 14.1. The van der Waals surface area contributed by atoms with E-state index in [-0.39, 0.29) is 0 Å². The zero-order valence-corrected chi connectivity index (χ0v) is 14.0. The van der Waals surface area contributed by atoms with Gasteiger partial charge in [0.15, 0.2) is 0 Å². The van der Waals surface area contributed by atoms with Crippen LogP contribution in [0.2, 0.25) is 5.02 Å². The maximum absolute atomic E-state index is 10.4. The summed E-state index contributed by atoms with van der Waals surface area (Å²) in [4.78, 5) is 0. The average Bonchev–Trinajstić information content (AvgIpc) is 2.37. The van der Waals surface area contributed by atoms with Gasteiger partial charge in [-0.3, -0.25) is 0 Å². The monoisotopic (exact) mass is 380 g/mol. The number of aliphatic hydroxyl groups is 1. The zero-order chi connectivity index (χ0) is 13.5. The number of halogens is 2. The molecule has 1 N–H and O–H groups in total. The number of hydrogen-bond donors (Lipinski definition) is 1. The Bertz CT molecular complexity index is 368. The van der Waals surface area contributed by atoms with Gasteiger partial charge in [-0.05, 0) is 58.7 Å². The van der Waals surface area contributed by atoms with Crippen molar-refractivity contribution in [2.45, 2.75) is 52.1 Å². The molecule has 18 heavy (non-hydrogen) atoms. The van der Waals surface area contributed by atoms with E-state index in [1.54, 1.807) is 0 Å². The Labute approximate surface area is 129 Å². The third-order valence-electron chi connectivity index (χ3n) is 3.42. The van der Waals surface area contributed by atoms with Crippen molar-refractivity contribution >= 4 is 34.2 Å². The Kier molecular flexibility index (Phi) is 7.57. The summed E-state index contributed by atoms with van der Waals surface area (Å²) in [5.74, 6) is 0.606. The van der Waals surface area contributed by atoms with E-state index < -0.39 is 6.10 Å². The molecular weight excluding hydrogens is 359 g/mol. The van der Waals surface area contributed by atoms with E-state index >= 15 is 0 Å². The van der Waals surface area contributed by atoms with Crippen molar-refractivity contribution in [1.29, 1.82) is 0 Å². The predicted molar refractivity (Wildman–Crippen MR) is 87.1 cm³/mol. The van der Waals surface area contributed by atoms with Gasteiger partial charge in [-0.25, -0.2) is 0 Å². The second-order valence-corrected chi connectivity index (χ2v) is 6.43. The lowest BCUT2D eigenvalue weighted by Crippen LogP contribution is -2.08. The topological polar surface area (TPSA) is 20.2 Å². The summed E-state index contributed by atoms with van der Waals surface area (Å²) in [5.41, 5.74) is 0.970. The molecule has 0 spiro atoms. The Morgan fingerprint density at radius 2 is 2.06 bits per heavy atom. The molecule has 0 heterocycles. The molecule has 1 rings (SSSR count). The van der Waals surface area contributed by atoms with E-state index in [2.05, 4.69) is 36.4 Å². The summed E-state index contributed by atoms with van der Waals surface area (Å²) in [5, 5.41) is 11.1. The van der Waals surface area contributed by atoms with Crippen LogP contribution in [0.25, 0.3) is 0 Å². The largest absolute Gasteiger partial charge is 0.388 e. The number of rotatable bonds is 7. The fraction of sp³-hybridized carbons (Fsp3) is 0.600. The number of hydrogen-bond acceptors (Lipinski definition) is 1. The molecule has 1 aromatic carbocycles. The van der Waals surface area contributed by atoms with Crippen molar-refractivity contribution in [1.82, 2.24) is 0 Å². The normalized spacial score (nSPS) is 14.5. The predicted octanol–water partition coefficient (Wildman–Crippen LogP) is 5.58. The van der Waals surface area contributed by atoms with E-state index in [1.807, 2.05) is 18.2 Å². The first-order chi connectivity index (χ1) is 8.58. The minimum Gasteiger partial charge on any atom is -0.388 e. The van der Waals surface area contributed by atoms with Gasteiger partial charge in [0.1, 0.15) is 0 Å². The Hall–Kier alpha value is 0.200. The van der Waals surface area contributed by atoms with Crippen LogP contribution in [0.1, 0.15) is 57.6 Å². The van der Waals surface area contributed by atoms with Gasteiger partial charge in [0.2, 0.25) is 0 Å². The molecule has 2 unspecified atom stereocenters. The van der Waals surface area contributed by atoms with Crippen LogP contribution in [0.15, 0.2) is 18.2 Å². The van der Waals surface area contributed by atoms with Gasteiger partial charge in [0.05, 0.1) is 6.10 Å². The minimum atomic E-state index is -0.391. The Morgan fingerprint density at radius 3 is 2.67 bits per heavy atom. The molecule has 102 valence electrons. The molecule has 0 bridgehead atoms. The van der Waals surface area contributed by atoms with Crippen LogP contribution in [0.3, 0.4) is 0 Å². The summed E-state index contributed by atoms with van der Waals surface area (Å²) in [7, 11) is 0. The quantitative estimate of drug-likeness (QED) is 0.612. The van der Waals surface area contributed by atoms with E-state index in [9.17, 15) is 5.11 Å². The minimum absolute atomic E-state index is 0.391. The third kappa shape index (κ3) is 5.06. The molecule has 1 aromatic rings.